The van der Waals surface area contributed by atoms with E-state index < -0.39 is 0 Å². The summed E-state index contributed by atoms with van der Waals surface area (Å²) in [5.74, 6) is -0.191. The van der Waals surface area contributed by atoms with E-state index >= 15 is 0 Å². The third kappa shape index (κ3) is 3.22. The molecule has 0 bridgehead atoms. The fraction of sp³-hybridized carbons (Fsp3) is 0.0244. The first kappa shape index (κ1) is 23.4. The summed E-state index contributed by atoms with van der Waals surface area (Å²) >= 11 is 0. The van der Waals surface area contributed by atoms with Crippen molar-refractivity contribution in [3.05, 3.63) is 145 Å². The van der Waals surface area contributed by atoms with E-state index in [1.165, 1.54) is 70.6 Å². The van der Waals surface area contributed by atoms with Crippen molar-refractivity contribution in [2.45, 2.75) is 6.92 Å². The van der Waals surface area contributed by atoms with E-state index in [1.54, 1.807) is 6.07 Å². The van der Waals surface area contributed by atoms with Gasteiger partial charge in [-0.15, -0.1) is 0 Å². The number of halogens is 1. The molecule has 0 N–H and O–H groups in total. The number of benzene rings is 9. The van der Waals surface area contributed by atoms with Gasteiger partial charge in [-0.1, -0.05) is 115 Å². The Morgan fingerprint density at radius 1 is 0.405 bits per heavy atom. The fourth-order valence-electron chi connectivity index (χ4n) is 7.35. The normalized spacial score (nSPS) is 12.0. The minimum atomic E-state index is -0.191. The summed E-state index contributed by atoms with van der Waals surface area (Å²) in [4.78, 5) is 0. The summed E-state index contributed by atoms with van der Waals surface area (Å²) in [6.45, 7) is 2.17. The van der Waals surface area contributed by atoms with E-state index in [2.05, 4.69) is 104 Å². The van der Waals surface area contributed by atoms with Crippen LogP contribution in [0.3, 0.4) is 0 Å². The molecule has 0 aliphatic rings. The SMILES string of the molecule is Cc1cc2ccc3cc(-c4c5ccccc5c(-c5ccc(F)c6ccccc56)c5ccccc45)cc4ccc(c1)c2c34. The molecule has 0 aliphatic heterocycles. The van der Waals surface area contributed by atoms with Gasteiger partial charge in [-0.3, -0.25) is 0 Å². The molecule has 9 aromatic carbocycles. The zero-order valence-corrected chi connectivity index (χ0v) is 23.1. The molecular weight excluding hydrogens is 511 g/mol. The van der Waals surface area contributed by atoms with Crippen LogP contribution in [0.15, 0.2) is 133 Å². The van der Waals surface area contributed by atoms with E-state index in [9.17, 15) is 4.39 Å². The van der Waals surface area contributed by atoms with Crippen LogP contribution in [0.25, 0.3) is 86.9 Å². The van der Waals surface area contributed by atoms with Crippen molar-refractivity contribution < 1.29 is 4.39 Å². The maximum absolute atomic E-state index is 14.9. The molecule has 1 heteroatoms. The highest BCUT2D eigenvalue weighted by Gasteiger charge is 2.19. The summed E-state index contributed by atoms with van der Waals surface area (Å²) in [5.41, 5.74) is 5.93. The van der Waals surface area contributed by atoms with Crippen LogP contribution >= 0.6 is 0 Å². The van der Waals surface area contributed by atoms with Crippen LogP contribution in [0.5, 0.6) is 0 Å². The second kappa shape index (κ2) is 8.61. The Balaban J connectivity index is 1.42. The first-order chi connectivity index (χ1) is 20.7. The topological polar surface area (TPSA) is 0 Å². The molecule has 9 aromatic rings. The molecule has 0 amide bonds. The van der Waals surface area contributed by atoms with Crippen LogP contribution in [-0.2, 0) is 0 Å². The molecular formula is C41H25F. The van der Waals surface area contributed by atoms with Crippen LogP contribution in [0.4, 0.5) is 4.39 Å². The number of fused-ring (bicyclic) bond motifs is 3. The van der Waals surface area contributed by atoms with E-state index in [0.717, 1.165) is 16.5 Å². The molecule has 0 aromatic heterocycles. The molecule has 42 heavy (non-hydrogen) atoms. The van der Waals surface area contributed by atoms with Gasteiger partial charge in [-0.2, -0.15) is 0 Å². The van der Waals surface area contributed by atoms with Gasteiger partial charge in [0.2, 0.25) is 0 Å². The highest BCUT2D eigenvalue weighted by molar-refractivity contribution is 6.27. The van der Waals surface area contributed by atoms with Crippen LogP contribution in [0.2, 0.25) is 0 Å². The summed E-state index contributed by atoms with van der Waals surface area (Å²) in [5, 5.41) is 14.1. The standard InChI is InChI=1S/C41H25F/c1-24-20-25-14-16-27-22-29(23-28-17-15-26(21-24)38(25)39(27)28)40-32-10-4-6-12-34(32)41(35-13-7-5-11-33(35)40)36-18-19-37(42)31-9-3-2-8-30(31)36/h2-23H,1H3. The Morgan fingerprint density at radius 3 is 1.36 bits per heavy atom. The zero-order chi connectivity index (χ0) is 27.9. The quantitative estimate of drug-likeness (QED) is 0.152. The van der Waals surface area contributed by atoms with Gasteiger partial charge in [0.1, 0.15) is 5.82 Å². The van der Waals surface area contributed by atoms with E-state index in [0.29, 0.717) is 5.39 Å². The molecule has 0 saturated heterocycles. The van der Waals surface area contributed by atoms with Gasteiger partial charge < -0.3 is 0 Å². The van der Waals surface area contributed by atoms with Crippen LogP contribution < -0.4 is 0 Å². The second-order valence-corrected chi connectivity index (χ2v) is 11.5. The Labute approximate surface area is 242 Å². The van der Waals surface area contributed by atoms with Crippen molar-refractivity contribution in [2.24, 2.45) is 0 Å². The van der Waals surface area contributed by atoms with Crippen LogP contribution in [-0.4, -0.2) is 0 Å². The van der Waals surface area contributed by atoms with E-state index in [-0.39, 0.29) is 5.82 Å². The van der Waals surface area contributed by atoms with Crippen molar-refractivity contribution in [1.82, 2.24) is 0 Å². The van der Waals surface area contributed by atoms with Crippen LogP contribution in [0.1, 0.15) is 5.56 Å². The van der Waals surface area contributed by atoms with Gasteiger partial charge in [0.05, 0.1) is 0 Å². The minimum absolute atomic E-state index is 0.191. The summed E-state index contributed by atoms with van der Waals surface area (Å²) in [6.07, 6.45) is 0. The number of aryl methyl sites for hydroxylation is 1. The van der Waals surface area contributed by atoms with Gasteiger partial charge in [0, 0.05) is 5.39 Å². The first-order valence-corrected chi connectivity index (χ1v) is 14.5. The number of hydrogen-bond acceptors (Lipinski definition) is 0. The lowest BCUT2D eigenvalue weighted by Crippen LogP contribution is -1.93. The van der Waals surface area contributed by atoms with Gasteiger partial charge in [-0.25, -0.2) is 4.39 Å². The van der Waals surface area contributed by atoms with E-state index in [1.807, 2.05) is 30.3 Å². The minimum Gasteiger partial charge on any atom is -0.206 e. The Morgan fingerprint density at radius 2 is 0.833 bits per heavy atom. The smallest absolute Gasteiger partial charge is 0.131 e. The van der Waals surface area contributed by atoms with Crippen molar-refractivity contribution >= 4 is 64.6 Å². The Bertz CT molecular complexity index is 2410. The highest BCUT2D eigenvalue weighted by atomic mass is 19.1. The summed E-state index contributed by atoms with van der Waals surface area (Å²) in [7, 11) is 0. The fourth-order valence-corrected chi connectivity index (χ4v) is 7.35. The molecule has 0 fully saturated rings. The van der Waals surface area contributed by atoms with Gasteiger partial charge in [0.15, 0.2) is 0 Å². The molecule has 0 heterocycles. The lowest BCUT2D eigenvalue weighted by Gasteiger charge is -2.20. The van der Waals surface area contributed by atoms with Crippen LogP contribution in [0, 0.1) is 12.7 Å². The van der Waals surface area contributed by atoms with Gasteiger partial charge >= 0.3 is 0 Å². The number of hydrogen-bond donors (Lipinski definition) is 0. The molecule has 0 spiro atoms. The maximum atomic E-state index is 14.9. The predicted octanol–water partition coefficient (Wildman–Crippen LogP) is 11.8. The Kier molecular flexibility index (Phi) is 4.81. The van der Waals surface area contributed by atoms with Crippen molar-refractivity contribution in [2.75, 3.05) is 0 Å². The summed E-state index contributed by atoms with van der Waals surface area (Å²) in [6, 6.07) is 47.1. The van der Waals surface area contributed by atoms with E-state index in [4.69, 9.17) is 0 Å². The summed E-state index contributed by atoms with van der Waals surface area (Å²) < 4.78 is 14.9. The molecule has 0 radical (unpaired) electrons. The molecule has 0 aliphatic carbocycles. The monoisotopic (exact) mass is 536 g/mol. The molecule has 0 nitrogen and oxygen atoms in total. The molecule has 0 unspecified atom stereocenters. The van der Waals surface area contributed by atoms with Gasteiger partial charge in [-0.05, 0) is 112 Å². The first-order valence-electron chi connectivity index (χ1n) is 14.5. The third-order valence-corrected chi connectivity index (χ3v) is 9.04. The third-order valence-electron chi connectivity index (χ3n) is 9.04. The molecule has 9 rings (SSSR count). The zero-order valence-electron chi connectivity index (χ0n) is 23.1. The average Bonchev–Trinajstić information content (AvgIpc) is 3.02. The Hall–Kier alpha value is -5.27. The average molecular weight is 537 g/mol. The maximum Gasteiger partial charge on any atom is 0.131 e. The second-order valence-electron chi connectivity index (χ2n) is 11.5. The lowest BCUT2D eigenvalue weighted by atomic mass is 9.83. The van der Waals surface area contributed by atoms with Gasteiger partial charge in [0.25, 0.3) is 0 Å². The molecule has 196 valence electrons. The molecule has 0 saturated carbocycles. The van der Waals surface area contributed by atoms with Crippen molar-refractivity contribution in [3.8, 4) is 22.3 Å². The number of rotatable bonds is 2. The lowest BCUT2D eigenvalue weighted by molar-refractivity contribution is 0.640. The largest absolute Gasteiger partial charge is 0.206 e. The molecule has 0 atom stereocenters. The van der Waals surface area contributed by atoms with Crippen molar-refractivity contribution in [1.29, 1.82) is 0 Å². The predicted molar refractivity (Wildman–Crippen MR) is 178 cm³/mol. The highest BCUT2D eigenvalue weighted by Crippen LogP contribution is 2.47. The van der Waals surface area contributed by atoms with Crippen molar-refractivity contribution in [3.63, 3.8) is 0 Å².